The number of thiophene rings is 1. The number of rotatable bonds is 4. The van der Waals surface area contributed by atoms with E-state index in [-0.39, 0.29) is 11.3 Å². The summed E-state index contributed by atoms with van der Waals surface area (Å²) in [6.07, 6.45) is 2.15. The molecule has 7 heteroatoms. The van der Waals surface area contributed by atoms with Gasteiger partial charge in [0.2, 0.25) is 0 Å². The van der Waals surface area contributed by atoms with Crippen molar-refractivity contribution in [2.75, 3.05) is 19.6 Å². The third-order valence-corrected chi connectivity index (χ3v) is 6.37. The predicted molar refractivity (Wildman–Crippen MR) is 109 cm³/mol. The van der Waals surface area contributed by atoms with Gasteiger partial charge in [0.05, 0.1) is 27.2 Å². The Bertz CT molecular complexity index is 970. The first kappa shape index (κ1) is 18.1. The van der Waals surface area contributed by atoms with Gasteiger partial charge in [0, 0.05) is 13.6 Å². The SMILES string of the molecule is Cc1nn(C)c2nc(-c3cccs3)cc(C(=O)NCC3(C)CCNCC3)c12. The van der Waals surface area contributed by atoms with Crippen molar-refractivity contribution < 1.29 is 4.79 Å². The highest BCUT2D eigenvalue weighted by molar-refractivity contribution is 7.13. The minimum atomic E-state index is -0.0453. The number of amides is 1. The Morgan fingerprint density at radius 1 is 1.41 bits per heavy atom. The van der Waals surface area contributed by atoms with E-state index in [2.05, 4.69) is 22.7 Å². The minimum absolute atomic E-state index is 0.0453. The van der Waals surface area contributed by atoms with Crippen LogP contribution in [-0.2, 0) is 7.05 Å². The van der Waals surface area contributed by atoms with Gasteiger partial charge >= 0.3 is 0 Å². The third-order valence-electron chi connectivity index (χ3n) is 5.47. The van der Waals surface area contributed by atoms with E-state index in [0.717, 1.165) is 53.2 Å². The third kappa shape index (κ3) is 3.49. The summed E-state index contributed by atoms with van der Waals surface area (Å²) in [5.74, 6) is -0.0453. The summed E-state index contributed by atoms with van der Waals surface area (Å²) in [6, 6.07) is 5.93. The second-order valence-electron chi connectivity index (χ2n) is 7.68. The molecule has 3 aromatic rings. The van der Waals surface area contributed by atoms with Crippen LogP contribution in [0.15, 0.2) is 23.6 Å². The van der Waals surface area contributed by atoms with Crippen molar-refractivity contribution in [1.29, 1.82) is 0 Å². The quantitative estimate of drug-likeness (QED) is 0.726. The lowest BCUT2D eigenvalue weighted by Gasteiger charge is -2.34. The maximum Gasteiger partial charge on any atom is 0.252 e. The van der Waals surface area contributed by atoms with Crippen molar-refractivity contribution in [2.45, 2.75) is 26.7 Å². The maximum absolute atomic E-state index is 13.1. The average Bonchev–Trinajstić information content (AvgIpc) is 3.29. The minimum Gasteiger partial charge on any atom is -0.351 e. The smallest absolute Gasteiger partial charge is 0.252 e. The second kappa shape index (κ2) is 7.05. The molecule has 1 amide bonds. The fourth-order valence-corrected chi connectivity index (χ4v) is 4.46. The van der Waals surface area contributed by atoms with Crippen molar-refractivity contribution in [3.8, 4) is 10.6 Å². The summed E-state index contributed by atoms with van der Waals surface area (Å²) in [4.78, 5) is 19.0. The van der Waals surface area contributed by atoms with Gasteiger partial charge in [0.25, 0.3) is 5.91 Å². The van der Waals surface area contributed by atoms with E-state index in [1.165, 1.54) is 0 Å². The molecule has 0 radical (unpaired) electrons. The number of aryl methyl sites for hydroxylation is 2. The standard InChI is InChI=1S/C20H25N5OS/c1-13-17-14(19(26)22-12-20(2)6-8-21-9-7-20)11-15(16-5-4-10-27-16)23-18(17)25(3)24-13/h4-5,10-11,21H,6-9,12H2,1-3H3,(H,22,26). The number of pyridine rings is 1. The molecule has 0 saturated carbocycles. The van der Waals surface area contributed by atoms with E-state index in [0.29, 0.717) is 12.1 Å². The molecule has 0 unspecified atom stereocenters. The highest BCUT2D eigenvalue weighted by Crippen LogP contribution is 2.30. The number of carbonyl (C=O) groups is 1. The largest absolute Gasteiger partial charge is 0.351 e. The first-order valence-electron chi connectivity index (χ1n) is 9.34. The molecule has 27 heavy (non-hydrogen) atoms. The molecule has 2 N–H and O–H groups in total. The molecule has 1 fully saturated rings. The van der Waals surface area contributed by atoms with Gasteiger partial charge in [-0.05, 0) is 55.8 Å². The van der Waals surface area contributed by atoms with Crippen molar-refractivity contribution in [2.24, 2.45) is 12.5 Å². The van der Waals surface area contributed by atoms with Crippen LogP contribution in [-0.4, -0.2) is 40.3 Å². The van der Waals surface area contributed by atoms with Crippen molar-refractivity contribution in [3.05, 3.63) is 34.8 Å². The van der Waals surface area contributed by atoms with E-state index in [1.54, 1.807) is 16.0 Å². The molecule has 4 heterocycles. The monoisotopic (exact) mass is 383 g/mol. The lowest BCUT2D eigenvalue weighted by atomic mass is 9.81. The normalized spacial score (nSPS) is 16.6. The van der Waals surface area contributed by atoms with Gasteiger partial charge in [-0.1, -0.05) is 13.0 Å². The van der Waals surface area contributed by atoms with Gasteiger partial charge in [-0.15, -0.1) is 11.3 Å². The Balaban J connectivity index is 1.70. The number of nitrogens with one attached hydrogen (secondary N) is 2. The fraction of sp³-hybridized carbons (Fsp3) is 0.450. The average molecular weight is 384 g/mol. The number of aromatic nitrogens is 3. The van der Waals surface area contributed by atoms with Crippen LogP contribution < -0.4 is 10.6 Å². The van der Waals surface area contributed by atoms with E-state index < -0.39 is 0 Å². The molecule has 1 aliphatic heterocycles. The van der Waals surface area contributed by atoms with Crippen molar-refractivity contribution >= 4 is 28.3 Å². The molecule has 0 bridgehead atoms. The maximum atomic E-state index is 13.1. The van der Waals surface area contributed by atoms with Crippen LogP contribution in [0.3, 0.4) is 0 Å². The first-order chi connectivity index (χ1) is 13.0. The van der Waals surface area contributed by atoms with Gasteiger partial charge in [0.15, 0.2) is 5.65 Å². The zero-order chi connectivity index (χ0) is 19.0. The topological polar surface area (TPSA) is 71.8 Å². The van der Waals surface area contributed by atoms with Crippen LogP contribution in [0.25, 0.3) is 21.6 Å². The number of hydrogen-bond acceptors (Lipinski definition) is 5. The van der Waals surface area contributed by atoms with E-state index in [1.807, 2.05) is 37.6 Å². The lowest BCUT2D eigenvalue weighted by molar-refractivity contribution is 0.0924. The summed E-state index contributed by atoms with van der Waals surface area (Å²) in [7, 11) is 1.87. The van der Waals surface area contributed by atoms with Gasteiger partial charge in [-0.25, -0.2) is 4.98 Å². The van der Waals surface area contributed by atoms with Crippen LogP contribution in [0.1, 0.15) is 35.8 Å². The first-order valence-corrected chi connectivity index (χ1v) is 10.2. The van der Waals surface area contributed by atoms with E-state index in [4.69, 9.17) is 4.98 Å². The molecule has 142 valence electrons. The summed E-state index contributed by atoms with van der Waals surface area (Å²) < 4.78 is 1.76. The molecule has 1 aliphatic rings. The van der Waals surface area contributed by atoms with E-state index in [9.17, 15) is 4.79 Å². The van der Waals surface area contributed by atoms with Crippen LogP contribution >= 0.6 is 11.3 Å². The highest BCUT2D eigenvalue weighted by Gasteiger charge is 2.28. The molecule has 0 aliphatic carbocycles. The number of nitrogens with zero attached hydrogens (tertiary/aromatic N) is 3. The fourth-order valence-electron chi connectivity index (χ4n) is 3.77. The van der Waals surface area contributed by atoms with Crippen molar-refractivity contribution in [1.82, 2.24) is 25.4 Å². The Labute approximate surface area is 163 Å². The van der Waals surface area contributed by atoms with E-state index >= 15 is 0 Å². The molecule has 1 saturated heterocycles. The summed E-state index contributed by atoms with van der Waals surface area (Å²) >= 11 is 1.62. The number of piperidine rings is 1. The summed E-state index contributed by atoms with van der Waals surface area (Å²) in [6.45, 7) is 6.89. The van der Waals surface area contributed by atoms with Crippen LogP contribution in [0, 0.1) is 12.3 Å². The second-order valence-corrected chi connectivity index (χ2v) is 8.63. The molecular weight excluding hydrogens is 358 g/mol. The van der Waals surface area contributed by atoms with Gasteiger partial charge in [0.1, 0.15) is 0 Å². The van der Waals surface area contributed by atoms with Crippen LogP contribution in [0.5, 0.6) is 0 Å². The highest BCUT2D eigenvalue weighted by atomic mass is 32.1. The number of fused-ring (bicyclic) bond motifs is 1. The summed E-state index contributed by atoms with van der Waals surface area (Å²) in [5.41, 5.74) is 3.20. The van der Waals surface area contributed by atoms with Crippen molar-refractivity contribution in [3.63, 3.8) is 0 Å². The Hall–Kier alpha value is -2.25. The van der Waals surface area contributed by atoms with Gasteiger partial charge in [-0.3, -0.25) is 9.48 Å². The van der Waals surface area contributed by atoms with Crippen LogP contribution in [0.2, 0.25) is 0 Å². The number of hydrogen-bond donors (Lipinski definition) is 2. The Morgan fingerprint density at radius 2 is 2.19 bits per heavy atom. The molecule has 4 rings (SSSR count). The Morgan fingerprint density at radius 3 is 2.89 bits per heavy atom. The molecule has 0 aromatic carbocycles. The molecule has 0 atom stereocenters. The zero-order valence-corrected chi connectivity index (χ0v) is 16.8. The lowest BCUT2D eigenvalue weighted by Crippen LogP contribution is -2.42. The molecule has 0 spiro atoms. The van der Waals surface area contributed by atoms with Crippen LogP contribution in [0.4, 0.5) is 0 Å². The van der Waals surface area contributed by atoms with Gasteiger partial charge < -0.3 is 10.6 Å². The zero-order valence-electron chi connectivity index (χ0n) is 16.0. The molecule has 3 aromatic heterocycles. The predicted octanol–water partition coefficient (Wildman–Crippen LogP) is 3.12. The summed E-state index contributed by atoms with van der Waals surface area (Å²) in [5, 5.41) is 13.9. The Kier molecular flexibility index (Phi) is 4.74. The van der Waals surface area contributed by atoms with Gasteiger partial charge in [-0.2, -0.15) is 5.10 Å². The number of carbonyl (C=O) groups excluding carboxylic acids is 1. The molecule has 6 nitrogen and oxygen atoms in total. The molecular formula is C20H25N5OS.